The Morgan fingerprint density at radius 1 is 1.33 bits per heavy atom. The fourth-order valence-corrected chi connectivity index (χ4v) is 3.37. The predicted molar refractivity (Wildman–Crippen MR) is 94.7 cm³/mol. The number of Topliss-reactive ketones (excluding diaryl/α,β-unsaturated/α-hetero) is 1. The van der Waals surface area contributed by atoms with Crippen LogP contribution in [0.3, 0.4) is 0 Å². The van der Waals surface area contributed by atoms with Crippen LogP contribution < -0.4 is 0 Å². The number of aryl methyl sites for hydroxylation is 2. The summed E-state index contributed by atoms with van der Waals surface area (Å²) in [5.41, 5.74) is 2.77. The molecule has 24 heavy (non-hydrogen) atoms. The lowest BCUT2D eigenvalue weighted by Crippen LogP contribution is -2.38. The van der Waals surface area contributed by atoms with Gasteiger partial charge in [0.25, 0.3) is 11.7 Å². The molecule has 2 aromatic rings. The summed E-state index contributed by atoms with van der Waals surface area (Å²) in [5.74, 6) is -0.892. The van der Waals surface area contributed by atoms with Crippen LogP contribution in [0.4, 0.5) is 0 Å². The Morgan fingerprint density at radius 3 is 2.58 bits per heavy atom. The van der Waals surface area contributed by atoms with Gasteiger partial charge in [-0.2, -0.15) is 5.10 Å². The Hall–Kier alpha value is -1.95. The van der Waals surface area contributed by atoms with E-state index in [1.54, 1.807) is 23.6 Å². The van der Waals surface area contributed by atoms with Crippen LogP contribution in [-0.2, 0) is 18.4 Å². The van der Waals surface area contributed by atoms with Gasteiger partial charge in [-0.05, 0) is 44.4 Å². The van der Waals surface area contributed by atoms with E-state index in [2.05, 4.69) is 21.0 Å². The smallest absolute Gasteiger partial charge is 0.295 e. The molecule has 0 spiro atoms. The molecule has 0 atom stereocenters. The highest BCUT2D eigenvalue weighted by Crippen LogP contribution is 2.30. The molecule has 1 aromatic heterocycles. The normalized spacial score (nSPS) is 13.8. The molecule has 3 rings (SSSR count). The Morgan fingerprint density at radius 2 is 2.04 bits per heavy atom. The van der Waals surface area contributed by atoms with Crippen molar-refractivity contribution in [2.24, 2.45) is 7.05 Å². The number of halogens is 1. The first-order valence-corrected chi connectivity index (χ1v) is 8.77. The summed E-state index contributed by atoms with van der Waals surface area (Å²) >= 11 is 3.45. The van der Waals surface area contributed by atoms with Gasteiger partial charge in [-0.3, -0.25) is 14.3 Å². The van der Waals surface area contributed by atoms with Crippen molar-refractivity contribution in [3.05, 3.63) is 51.3 Å². The first kappa shape index (κ1) is 16.9. The van der Waals surface area contributed by atoms with Crippen LogP contribution in [0.2, 0.25) is 0 Å². The van der Waals surface area contributed by atoms with Gasteiger partial charge in [0.15, 0.2) is 0 Å². The minimum absolute atomic E-state index is 0.165. The third kappa shape index (κ3) is 3.29. The van der Waals surface area contributed by atoms with E-state index >= 15 is 0 Å². The van der Waals surface area contributed by atoms with Crippen molar-refractivity contribution in [2.75, 3.05) is 0 Å². The second kappa shape index (κ2) is 6.51. The van der Waals surface area contributed by atoms with Crippen molar-refractivity contribution < 1.29 is 9.59 Å². The summed E-state index contributed by atoms with van der Waals surface area (Å²) in [5, 5.41) is 4.25. The summed E-state index contributed by atoms with van der Waals surface area (Å²) in [6, 6.07) is 8.00. The number of carbonyl (C=O) groups excluding carboxylic acids is 2. The van der Waals surface area contributed by atoms with Gasteiger partial charge in [0.2, 0.25) is 0 Å². The second-order valence-corrected chi connectivity index (χ2v) is 7.21. The zero-order valence-electron chi connectivity index (χ0n) is 14.0. The second-order valence-electron chi connectivity index (χ2n) is 6.29. The van der Waals surface area contributed by atoms with Crippen LogP contribution in [0.25, 0.3) is 0 Å². The Kier molecular flexibility index (Phi) is 4.58. The molecule has 0 saturated heterocycles. The number of ketones is 1. The molecule has 0 unspecified atom stereocenters. The maximum atomic E-state index is 12.9. The van der Waals surface area contributed by atoms with Crippen LogP contribution in [0.1, 0.15) is 40.2 Å². The van der Waals surface area contributed by atoms with Crippen molar-refractivity contribution in [3.63, 3.8) is 0 Å². The lowest BCUT2D eigenvalue weighted by atomic mass is 10.1. The van der Waals surface area contributed by atoms with E-state index in [0.717, 1.165) is 28.6 Å². The van der Waals surface area contributed by atoms with Gasteiger partial charge in [-0.15, -0.1) is 0 Å². The van der Waals surface area contributed by atoms with E-state index in [-0.39, 0.29) is 6.04 Å². The Balaban J connectivity index is 1.86. The molecule has 126 valence electrons. The maximum absolute atomic E-state index is 12.9. The predicted octanol–water partition coefficient (Wildman–Crippen LogP) is 3.17. The summed E-state index contributed by atoms with van der Waals surface area (Å²) < 4.78 is 2.61. The number of rotatable bonds is 5. The molecule has 0 bridgehead atoms. The highest BCUT2D eigenvalue weighted by molar-refractivity contribution is 9.10. The molecule has 0 N–H and O–H groups in total. The number of nitrogens with zero attached hydrogens (tertiary/aromatic N) is 3. The van der Waals surface area contributed by atoms with Crippen molar-refractivity contribution in [1.82, 2.24) is 14.7 Å². The molecule has 1 saturated carbocycles. The molecule has 6 heteroatoms. The molecule has 0 radical (unpaired) electrons. The van der Waals surface area contributed by atoms with E-state index in [0.29, 0.717) is 17.8 Å². The molecule has 0 aliphatic heterocycles. The molecule has 1 aliphatic rings. The van der Waals surface area contributed by atoms with E-state index < -0.39 is 11.7 Å². The van der Waals surface area contributed by atoms with E-state index in [4.69, 9.17) is 0 Å². The quantitative estimate of drug-likeness (QED) is 0.582. The molecule has 1 heterocycles. The monoisotopic (exact) mass is 389 g/mol. The molecular weight excluding hydrogens is 370 g/mol. The van der Waals surface area contributed by atoms with E-state index in [1.807, 2.05) is 31.2 Å². The van der Waals surface area contributed by atoms with Crippen molar-refractivity contribution in [2.45, 2.75) is 39.3 Å². The lowest BCUT2D eigenvalue weighted by molar-refractivity contribution is -0.127. The first-order chi connectivity index (χ1) is 11.4. The average Bonchev–Trinajstić information content (AvgIpc) is 3.32. The van der Waals surface area contributed by atoms with Crippen molar-refractivity contribution in [3.8, 4) is 0 Å². The van der Waals surface area contributed by atoms with Crippen LogP contribution in [0.15, 0.2) is 28.7 Å². The molecule has 1 amide bonds. The molecular formula is C18H20BrN3O2. The van der Waals surface area contributed by atoms with Gasteiger partial charge in [-0.25, -0.2) is 0 Å². The Bertz CT molecular complexity index is 809. The summed E-state index contributed by atoms with van der Waals surface area (Å²) in [6.07, 6.45) is 1.91. The average molecular weight is 390 g/mol. The van der Waals surface area contributed by atoms with Gasteiger partial charge in [0, 0.05) is 29.8 Å². The standard InChI is InChI=1S/C18H20BrN3O2/c1-11-16(12(2)21(3)20-11)17(23)18(24)22(15-7-8-15)10-13-5-4-6-14(19)9-13/h4-6,9,15H,7-8,10H2,1-3H3. The first-order valence-electron chi connectivity index (χ1n) is 7.98. The SMILES string of the molecule is Cc1nn(C)c(C)c1C(=O)C(=O)N(Cc1cccc(Br)c1)C1CC1. The highest BCUT2D eigenvalue weighted by Gasteiger charge is 2.37. The van der Waals surface area contributed by atoms with Gasteiger partial charge in [-0.1, -0.05) is 28.1 Å². The fraction of sp³-hybridized carbons (Fsp3) is 0.389. The van der Waals surface area contributed by atoms with Gasteiger partial charge in [0.05, 0.1) is 11.3 Å². The number of carbonyl (C=O) groups is 2. The summed E-state index contributed by atoms with van der Waals surface area (Å²) in [6.45, 7) is 4.03. The van der Waals surface area contributed by atoms with Gasteiger partial charge in [0.1, 0.15) is 0 Å². The van der Waals surface area contributed by atoms with Crippen LogP contribution in [0, 0.1) is 13.8 Å². The number of hydrogen-bond donors (Lipinski definition) is 0. The third-order valence-corrected chi connectivity index (χ3v) is 4.91. The third-order valence-electron chi connectivity index (χ3n) is 4.42. The van der Waals surface area contributed by atoms with E-state index in [9.17, 15) is 9.59 Å². The van der Waals surface area contributed by atoms with Gasteiger partial charge >= 0.3 is 0 Å². The minimum atomic E-state index is -0.458. The number of aromatic nitrogens is 2. The summed E-state index contributed by atoms with van der Waals surface area (Å²) in [7, 11) is 1.78. The number of hydrogen-bond acceptors (Lipinski definition) is 3. The topological polar surface area (TPSA) is 55.2 Å². The molecule has 1 aliphatic carbocycles. The molecule has 1 fully saturated rings. The molecule has 1 aromatic carbocycles. The zero-order chi connectivity index (χ0) is 17.4. The zero-order valence-corrected chi connectivity index (χ0v) is 15.6. The lowest BCUT2D eigenvalue weighted by Gasteiger charge is -2.22. The largest absolute Gasteiger partial charge is 0.328 e. The summed E-state index contributed by atoms with van der Waals surface area (Å²) in [4.78, 5) is 27.3. The van der Waals surface area contributed by atoms with E-state index in [1.165, 1.54) is 0 Å². The number of amides is 1. The van der Waals surface area contributed by atoms with Crippen LogP contribution >= 0.6 is 15.9 Å². The minimum Gasteiger partial charge on any atom is -0.328 e. The number of benzene rings is 1. The van der Waals surface area contributed by atoms with Crippen LogP contribution in [0.5, 0.6) is 0 Å². The Labute approximate surface area is 149 Å². The van der Waals surface area contributed by atoms with Crippen LogP contribution in [-0.4, -0.2) is 32.4 Å². The fourth-order valence-electron chi connectivity index (χ4n) is 2.92. The highest BCUT2D eigenvalue weighted by atomic mass is 79.9. The van der Waals surface area contributed by atoms with Crippen molar-refractivity contribution >= 4 is 27.6 Å². The van der Waals surface area contributed by atoms with Gasteiger partial charge < -0.3 is 4.90 Å². The van der Waals surface area contributed by atoms with Crippen molar-refractivity contribution in [1.29, 1.82) is 0 Å². The molecule has 5 nitrogen and oxygen atoms in total. The maximum Gasteiger partial charge on any atom is 0.295 e.